The molecule has 0 aromatic heterocycles. The van der Waals surface area contributed by atoms with Crippen LogP contribution in [-0.4, -0.2) is 0 Å². The number of benzene rings is 12. The van der Waals surface area contributed by atoms with Crippen molar-refractivity contribution in [2.24, 2.45) is 0 Å². The summed E-state index contributed by atoms with van der Waals surface area (Å²) in [4.78, 5) is 0. The molecule has 0 saturated carbocycles. The van der Waals surface area contributed by atoms with E-state index in [1.807, 2.05) is 0 Å². The van der Waals surface area contributed by atoms with Gasteiger partial charge in [-0.1, -0.05) is 243 Å². The Morgan fingerprint density at radius 2 is 0.280 bits per heavy atom. The summed E-state index contributed by atoms with van der Waals surface area (Å²) in [6, 6.07) is 103. The van der Waals surface area contributed by atoms with Gasteiger partial charge in [-0.05, 0) is 180 Å². The summed E-state index contributed by atoms with van der Waals surface area (Å²) in [7, 11) is 0. The van der Waals surface area contributed by atoms with E-state index in [0.29, 0.717) is 0 Å². The lowest BCUT2D eigenvalue weighted by molar-refractivity contribution is 0.792. The van der Waals surface area contributed by atoms with Gasteiger partial charge in [-0.25, -0.2) is 0 Å². The van der Waals surface area contributed by atoms with Crippen molar-refractivity contribution in [3.63, 3.8) is 0 Å². The van der Waals surface area contributed by atoms with Gasteiger partial charge in [0.1, 0.15) is 0 Å². The zero-order valence-electron chi connectivity index (χ0n) is 40.9. The molecule has 12 aromatic carbocycles. The predicted octanol–water partition coefficient (Wildman–Crippen LogP) is 18.1. The summed E-state index contributed by atoms with van der Waals surface area (Å²) in [6.07, 6.45) is 0. The zero-order valence-corrected chi connectivity index (χ0v) is 40.9. The second-order valence-electron chi connectivity index (χ2n) is 21.7. The second-order valence-corrected chi connectivity index (χ2v) is 21.7. The van der Waals surface area contributed by atoms with E-state index in [-0.39, 0.29) is 0 Å². The van der Waals surface area contributed by atoms with E-state index >= 15 is 0 Å². The average molecular weight is 945 g/mol. The normalized spacial score (nSPS) is 15.3. The first-order valence-corrected chi connectivity index (χ1v) is 26.6. The highest BCUT2D eigenvalue weighted by Gasteiger charge is 2.55. The molecule has 0 saturated heterocycles. The molecule has 12 aromatic rings. The van der Waals surface area contributed by atoms with Gasteiger partial charge in [0.05, 0.1) is 16.2 Å². The molecule has 3 spiro atoms. The lowest BCUT2D eigenvalue weighted by atomic mass is 9.69. The first-order chi connectivity index (χ1) is 37.2. The van der Waals surface area contributed by atoms with Crippen molar-refractivity contribution in [2.75, 3.05) is 0 Å². The fourth-order valence-electron chi connectivity index (χ4n) is 16.0. The highest BCUT2D eigenvalue weighted by molar-refractivity contribution is 6.00. The van der Waals surface area contributed by atoms with E-state index in [1.54, 1.807) is 0 Å². The predicted molar refractivity (Wildman–Crippen MR) is 306 cm³/mol. The van der Waals surface area contributed by atoms with Gasteiger partial charge >= 0.3 is 0 Å². The van der Waals surface area contributed by atoms with Crippen LogP contribution >= 0.6 is 0 Å². The fourth-order valence-corrected chi connectivity index (χ4v) is 16.0. The summed E-state index contributed by atoms with van der Waals surface area (Å²) in [5.74, 6) is 0. The zero-order chi connectivity index (χ0) is 48.8. The molecule has 6 aliphatic rings. The maximum absolute atomic E-state index is 2.56. The van der Waals surface area contributed by atoms with Crippen LogP contribution in [0.5, 0.6) is 0 Å². The second kappa shape index (κ2) is 14.0. The Kier molecular flexibility index (Phi) is 7.51. The summed E-state index contributed by atoms with van der Waals surface area (Å²) >= 11 is 0. The van der Waals surface area contributed by atoms with Crippen LogP contribution in [0.3, 0.4) is 0 Å². The first kappa shape index (κ1) is 40.2. The van der Waals surface area contributed by atoms with Crippen molar-refractivity contribution in [1.29, 1.82) is 0 Å². The summed E-state index contributed by atoms with van der Waals surface area (Å²) in [5, 5.41) is 0. The Hall–Kier alpha value is -9.36. The summed E-state index contributed by atoms with van der Waals surface area (Å²) in [6.45, 7) is 0. The van der Waals surface area contributed by atoms with Gasteiger partial charge in [0.25, 0.3) is 0 Å². The summed E-state index contributed by atoms with van der Waals surface area (Å²) < 4.78 is 0. The van der Waals surface area contributed by atoms with Crippen molar-refractivity contribution < 1.29 is 0 Å². The molecular weight excluding hydrogens is 901 g/mol. The molecule has 6 aliphatic carbocycles. The van der Waals surface area contributed by atoms with Gasteiger partial charge in [-0.15, -0.1) is 0 Å². The molecule has 0 heteroatoms. The lowest BCUT2D eigenvalue weighted by Crippen LogP contribution is -2.26. The van der Waals surface area contributed by atoms with Crippen LogP contribution in [0, 0.1) is 0 Å². The van der Waals surface area contributed by atoms with Gasteiger partial charge in [0.15, 0.2) is 0 Å². The molecule has 75 heavy (non-hydrogen) atoms. The van der Waals surface area contributed by atoms with Crippen molar-refractivity contribution in [3.8, 4) is 89.0 Å². The maximum Gasteiger partial charge on any atom is 0.0725 e. The van der Waals surface area contributed by atoms with Crippen molar-refractivity contribution >= 4 is 0 Å². The van der Waals surface area contributed by atoms with Crippen LogP contribution in [0.4, 0.5) is 0 Å². The highest BCUT2D eigenvalue weighted by atomic mass is 14.6. The largest absolute Gasteiger partial charge is 0.0725 e. The van der Waals surface area contributed by atoms with E-state index in [0.717, 1.165) is 0 Å². The molecule has 0 fully saturated rings. The Morgan fingerprint density at radius 3 is 0.467 bits per heavy atom. The Labute approximate surface area is 436 Å². The third-order valence-electron chi connectivity index (χ3n) is 18.8. The van der Waals surface area contributed by atoms with E-state index in [9.17, 15) is 0 Å². The molecule has 0 unspecified atom stereocenters. The minimum atomic E-state index is -0.529. The first-order valence-electron chi connectivity index (χ1n) is 26.6. The minimum Gasteiger partial charge on any atom is -0.0619 e. The topological polar surface area (TPSA) is 0 Å². The van der Waals surface area contributed by atoms with Crippen LogP contribution in [0.1, 0.15) is 66.8 Å². The smallest absolute Gasteiger partial charge is 0.0619 e. The van der Waals surface area contributed by atoms with Gasteiger partial charge in [0, 0.05) is 0 Å². The number of hydrogen-bond donors (Lipinski definition) is 0. The molecule has 0 radical (unpaired) electrons. The van der Waals surface area contributed by atoms with Crippen LogP contribution in [0.2, 0.25) is 0 Å². The van der Waals surface area contributed by atoms with Gasteiger partial charge < -0.3 is 0 Å². The summed E-state index contributed by atoms with van der Waals surface area (Å²) in [5.41, 5.74) is 35.8. The molecule has 0 aliphatic heterocycles. The quantitative estimate of drug-likeness (QED) is 0.162. The molecule has 0 atom stereocenters. The van der Waals surface area contributed by atoms with Crippen LogP contribution in [0.25, 0.3) is 89.0 Å². The number of rotatable bonds is 2. The Morgan fingerprint density at radius 1 is 0.133 bits per heavy atom. The van der Waals surface area contributed by atoms with Crippen LogP contribution in [0.15, 0.2) is 267 Å². The Balaban J connectivity index is 0.848. The van der Waals surface area contributed by atoms with E-state index in [2.05, 4.69) is 267 Å². The molecular formula is C75H44. The van der Waals surface area contributed by atoms with Crippen molar-refractivity contribution in [1.82, 2.24) is 0 Å². The highest BCUT2D eigenvalue weighted by Crippen LogP contribution is 2.67. The fraction of sp³-hybridized carbons (Fsp3) is 0.0400. The SMILES string of the molecule is c1ccc2c(c1)-c1ccccc1C21c2ccccc2-c2ccc(-c3ccc4c(c3)C3(c5ccccc5-4)c4ccccc4-c4ccc(-c5ccc6c(c5)C5(c7ccccc7-c7ccccc75)c5ccccc5-6)cc43)cc21. The number of hydrogen-bond acceptors (Lipinski definition) is 0. The van der Waals surface area contributed by atoms with E-state index in [1.165, 1.54) is 156 Å². The van der Waals surface area contributed by atoms with Gasteiger partial charge in [-0.3, -0.25) is 0 Å². The molecule has 0 nitrogen and oxygen atoms in total. The van der Waals surface area contributed by atoms with Crippen LogP contribution < -0.4 is 0 Å². The van der Waals surface area contributed by atoms with Gasteiger partial charge in [-0.2, -0.15) is 0 Å². The molecule has 18 rings (SSSR count). The monoisotopic (exact) mass is 944 g/mol. The molecule has 0 heterocycles. The molecule has 344 valence electrons. The van der Waals surface area contributed by atoms with Gasteiger partial charge in [0.2, 0.25) is 0 Å². The lowest BCUT2D eigenvalue weighted by Gasteiger charge is -2.32. The molecule has 0 N–H and O–H groups in total. The molecule has 0 amide bonds. The average Bonchev–Trinajstić information content (AvgIpc) is 4.30. The maximum atomic E-state index is 2.56. The number of fused-ring (bicyclic) bond motifs is 30. The third kappa shape index (κ3) is 4.61. The van der Waals surface area contributed by atoms with Crippen molar-refractivity contribution in [3.05, 3.63) is 334 Å². The Bertz CT molecular complexity index is 4140. The van der Waals surface area contributed by atoms with E-state index < -0.39 is 16.2 Å². The third-order valence-corrected chi connectivity index (χ3v) is 18.8. The molecule has 0 bridgehead atoms. The van der Waals surface area contributed by atoms with E-state index in [4.69, 9.17) is 0 Å². The standard InChI is InChI=1S/C75H44/c1-9-25-61-49(17-1)50-18-2-10-26-62(50)73(61)65-29-13-5-21-53(65)57-37-33-45(41-69(57)73)47-35-39-59-55-23-7-15-31-67(55)75(71(59)43-47)68-32-16-8-24-56(68)60-40-36-48(44-72(60)75)46-34-38-58-54-22-6-14-30-66(54)74(70(58)42-46)63-27-11-3-19-51(63)52-20-4-12-28-64(52)74/h1-44H. The van der Waals surface area contributed by atoms with Crippen molar-refractivity contribution in [2.45, 2.75) is 16.2 Å². The minimum absolute atomic E-state index is 0.409. The van der Waals surface area contributed by atoms with Crippen LogP contribution in [-0.2, 0) is 16.2 Å².